The van der Waals surface area contributed by atoms with Crippen LogP contribution >= 0.6 is 11.3 Å². The first-order chi connectivity index (χ1) is 10.7. The van der Waals surface area contributed by atoms with E-state index in [9.17, 15) is 9.59 Å². The molecule has 2 N–H and O–H groups in total. The van der Waals surface area contributed by atoms with Gasteiger partial charge in [-0.2, -0.15) is 0 Å². The van der Waals surface area contributed by atoms with Gasteiger partial charge in [0.25, 0.3) is 5.91 Å². The van der Waals surface area contributed by atoms with Gasteiger partial charge in [0.2, 0.25) is 5.91 Å². The smallest absolute Gasteiger partial charge is 0.264 e. The monoisotopic (exact) mass is 321 g/mol. The first-order valence-electron chi connectivity index (χ1n) is 8.02. The molecule has 2 aliphatic rings. The van der Waals surface area contributed by atoms with Gasteiger partial charge in [-0.05, 0) is 43.2 Å². The van der Waals surface area contributed by atoms with Crippen molar-refractivity contribution in [3.05, 3.63) is 22.4 Å². The number of nitrogens with zero attached hydrogens (tertiary/aromatic N) is 1. The number of nitrogens with one attached hydrogen (secondary N) is 2. The third kappa shape index (κ3) is 3.17. The number of piperidine rings is 1. The second-order valence-corrected chi connectivity index (χ2v) is 7.17. The molecule has 0 spiro atoms. The summed E-state index contributed by atoms with van der Waals surface area (Å²) in [6.07, 6.45) is 2.73. The van der Waals surface area contributed by atoms with Gasteiger partial charge >= 0.3 is 0 Å². The molecule has 2 aliphatic heterocycles. The second-order valence-electron chi connectivity index (χ2n) is 6.22. The number of hydrogen-bond donors (Lipinski definition) is 2. The van der Waals surface area contributed by atoms with Gasteiger partial charge in [0.05, 0.1) is 4.88 Å². The molecule has 0 aliphatic carbocycles. The van der Waals surface area contributed by atoms with Gasteiger partial charge in [-0.1, -0.05) is 13.0 Å². The van der Waals surface area contributed by atoms with E-state index in [-0.39, 0.29) is 23.9 Å². The van der Waals surface area contributed by atoms with Crippen LogP contribution in [-0.4, -0.2) is 48.4 Å². The third-order valence-electron chi connectivity index (χ3n) is 4.70. The van der Waals surface area contributed by atoms with Crippen molar-refractivity contribution >= 4 is 23.2 Å². The second kappa shape index (κ2) is 6.79. The Hall–Kier alpha value is -1.40. The predicted octanol–water partition coefficient (Wildman–Crippen LogP) is 1.47. The van der Waals surface area contributed by atoms with Crippen LogP contribution in [0.25, 0.3) is 0 Å². The Bertz CT molecular complexity index is 532. The van der Waals surface area contributed by atoms with E-state index in [0.29, 0.717) is 17.3 Å². The highest BCUT2D eigenvalue weighted by Crippen LogP contribution is 2.23. The van der Waals surface area contributed by atoms with Crippen LogP contribution in [-0.2, 0) is 4.79 Å². The summed E-state index contributed by atoms with van der Waals surface area (Å²) >= 11 is 1.43. The molecule has 2 fully saturated rings. The van der Waals surface area contributed by atoms with Crippen molar-refractivity contribution in [3.63, 3.8) is 0 Å². The van der Waals surface area contributed by atoms with E-state index >= 15 is 0 Å². The predicted molar refractivity (Wildman–Crippen MR) is 87.0 cm³/mol. The molecule has 6 heteroatoms. The Balaban J connectivity index is 1.64. The first-order valence-corrected chi connectivity index (χ1v) is 8.90. The fourth-order valence-corrected chi connectivity index (χ4v) is 3.96. The summed E-state index contributed by atoms with van der Waals surface area (Å²) in [7, 11) is 0. The molecule has 120 valence electrons. The lowest BCUT2D eigenvalue weighted by molar-refractivity contribution is -0.126. The van der Waals surface area contributed by atoms with E-state index in [1.165, 1.54) is 11.3 Å². The quantitative estimate of drug-likeness (QED) is 0.886. The molecule has 1 aromatic heterocycles. The van der Waals surface area contributed by atoms with Crippen LogP contribution in [0.3, 0.4) is 0 Å². The van der Waals surface area contributed by atoms with Crippen LogP contribution in [0.5, 0.6) is 0 Å². The van der Waals surface area contributed by atoms with Crippen LogP contribution in [0.2, 0.25) is 0 Å². The van der Waals surface area contributed by atoms with Crippen molar-refractivity contribution in [2.75, 3.05) is 19.6 Å². The maximum Gasteiger partial charge on any atom is 0.264 e. The summed E-state index contributed by atoms with van der Waals surface area (Å²) in [5, 5.41) is 8.37. The highest BCUT2D eigenvalue weighted by molar-refractivity contribution is 7.12. The molecule has 1 aromatic rings. The average Bonchev–Trinajstić information content (AvgIpc) is 3.20. The molecule has 0 saturated carbocycles. The minimum absolute atomic E-state index is 0.00274. The van der Waals surface area contributed by atoms with E-state index in [1.54, 1.807) is 4.90 Å². The van der Waals surface area contributed by atoms with Crippen LogP contribution in [0.4, 0.5) is 0 Å². The molecule has 0 radical (unpaired) electrons. The van der Waals surface area contributed by atoms with Gasteiger partial charge in [-0.3, -0.25) is 9.59 Å². The molecule has 2 amide bonds. The van der Waals surface area contributed by atoms with E-state index < -0.39 is 0 Å². The molecule has 3 atom stereocenters. The minimum atomic E-state index is -0.316. The van der Waals surface area contributed by atoms with Crippen molar-refractivity contribution in [1.29, 1.82) is 0 Å². The van der Waals surface area contributed by atoms with Crippen molar-refractivity contribution < 1.29 is 9.59 Å². The minimum Gasteiger partial charge on any atom is -0.350 e. The number of hydrogen-bond acceptors (Lipinski definition) is 4. The van der Waals surface area contributed by atoms with Crippen molar-refractivity contribution in [2.24, 2.45) is 5.92 Å². The molecule has 0 aromatic carbocycles. The Kier molecular flexibility index (Phi) is 4.78. The largest absolute Gasteiger partial charge is 0.350 e. The zero-order chi connectivity index (χ0) is 15.5. The van der Waals surface area contributed by atoms with Gasteiger partial charge in [-0.25, -0.2) is 0 Å². The van der Waals surface area contributed by atoms with Crippen molar-refractivity contribution in [2.45, 2.75) is 38.3 Å². The molecule has 3 rings (SSSR count). The lowest BCUT2D eigenvalue weighted by Gasteiger charge is -2.32. The normalized spacial score (nSPS) is 28.6. The number of thiophene rings is 1. The number of carbonyl (C=O) groups is 2. The van der Waals surface area contributed by atoms with E-state index in [1.807, 2.05) is 17.5 Å². The summed E-state index contributed by atoms with van der Waals surface area (Å²) in [6.45, 7) is 4.68. The summed E-state index contributed by atoms with van der Waals surface area (Å²) in [5.74, 6) is 0.471. The van der Waals surface area contributed by atoms with Gasteiger partial charge < -0.3 is 15.5 Å². The Morgan fingerprint density at radius 1 is 1.41 bits per heavy atom. The number of rotatable bonds is 3. The molecular formula is C16H23N3O2S. The van der Waals surface area contributed by atoms with E-state index in [4.69, 9.17) is 0 Å². The van der Waals surface area contributed by atoms with Crippen LogP contribution in [0, 0.1) is 5.92 Å². The Morgan fingerprint density at radius 3 is 3.00 bits per heavy atom. The number of carbonyl (C=O) groups excluding carboxylic acids is 2. The first kappa shape index (κ1) is 15.5. The maximum atomic E-state index is 12.6. The average molecular weight is 321 g/mol. The maximum absolute atomic E-state index is 12.6. The van der Waals surface area contributed by atoms with Gasteiger partial charge in [0, 0.05) is 19.1 Å². The molecule has 22 heavy (non-hydrogen) atoms. The van der Waals surface area contributed by atoms with Gasteiger partial charge in [-0.15, -0.1) is 11.3 Å². The lowest BCUT2D eigenvalue weighted by atomic mass is 9.94. The Morgan fingerprint density at radius 2 is 2.27 bits per heavy atom. The Labute approximate surface area is 135 Å². The topological polar surface area (TPSA) is 61.4 Å². The zero-order valence-electron chi connectivity index (χ0n) is 12.9. The van der Waals surface area contributed by atoms with Crippen LogP contribution in [0.15, 0.2) is 17.5 Å². The highest BCUT2D eigenvalue weighted by atomic mass is 32.1. The molecule has 3 unspecified atom stereocenters. The molecule has 3 heterocycles. The molecular weight excluding hydrogens is 298 g/mol. The molecule has 2 saturated heterocycles. The number of likely N-dealkylation sites (tertiary alicyclic amines) is 1. The van der Waals surface area contributed by atoms with Crippen LogP contribution in [0.1, 0.15) is 35.9 Å². The van der Waals surface area contributed by atoms with Crippen LogP contribution < -0.4 is 10.6 Å². The van der Waals surface area contributed by atoms with E-state index in [2.05, 4.69) is 17.6 Å². The van der Waals surface area contributed by atoms with Crippen molar-refractivity contribution in [3.8, 4) is 0 Å². The number of amides is 2. The standard InChI is InChI=1S/C16H23N3O2S/c1-11-6-7-17-10-12(11)18-15(20)13-4-2-8-19(13)16(21)14-5-3-9-22-14/h3,5,9,11-13,17H,2,4,6-8,10H2,1H3,(H,18,20). The summed E-state index contributed by atoms with van der Waals surface area (Å²) in [6, 6.07) is 3.55. The van der Waals surface area contributed by atoms with Gasteiger partial charge in [0.1, 0.15) is 6.04 Å². The SMILES string of the molecule is CC1CCNCC1NC(=O)C1CCCN1C(=O)c1cccs1. The van der Waals surface area contributed by atoms with Gasteiger partial charge in [0.15, 0.2) is 0 Å². The van der Waals surface area contributed by atoms with Crippen molar-refractivity contribution in [1.82, 2.24) is 15.5 Å². The fraction of sp³-hybridized carbons (Fsp3) is 0.625. The summed E-state index contributed by atoms with van der Waals surface area (Å²) < 4.78 is 0. The highest BCUT2D eigenvalue weighted by Gasteiger charge is 2.36. The molecule has 5 nitrogen and oxygen atoms in total. The fourth-order valence-electron chi connectivity index (χ4n) is 3.29. The zero-order valence-corrected chi connectivity index (χ0v) is 13.7. The summed E-state index contributed by atoms with van der Waals surface area (Å²) in [4.78, 5) is 27.6. The third-order valence-corrected chi connectivity index (χ3v) is 5.56. The molecule has 0 bridgehead atoms. The summed E-state index contributed by atoms with van der Waals surface area (Å²) in [5.41, 5.74) is 0. The lowest BCUT2D eigenvalue weighted by Crippen LogP contribution is -2.55. The van der Waals surface area contributed by atoms with E-state index in [0.717, 1.165) is 32.4 Å².